The maximum atomic E-state index is 5.27. The highest BCUT2D eigenvalue weighted by Gasteiger charge is 2.17. The number of hydrogen-bond donors (Lipinski definition) is 0. The molecular formula is C46H35N3. The summed E-state index contributed by atoms with van der Waals surface area (Å²) in [5.74, 6) is 0.673. The van der Waals surface area contributed by atoms with E-state index in [2.05, 4.69) is 145 Å². The SMILES string of the molecule is C=Cc1c(/C=C\C)c(-c2nc(-c3ccc(-c4ccc5c(c4)C=CCC5)cc3)cc(-c3cccc(-c4cccnc4)c3)n2)cc2ccccc12. The van der Waals surface area contributed by atoms with E-state index in [4.69, 9.17) is 9.97 Å². The van der Waals surface area contributed by atoms with Crippen molar-refractivity contribution in [3.63, 3.8) is 0 Å². The molecule has 0 aliphatic heterocycles. The number of allylic oxidation sites excluding steroid dienone is 2. The molecule has 8 rings (SSSR count). The molecule has 234 valence electrons. The van der Waals surface area contributed by atoms with E-state index < -0.39 is 0 Å². The van der Waals surface area contributed by atoms with Crippen molar-refractivity contribution in [1.29, 1.82) is 0 Å². The number of aryl methyl sites for hydroxylation is 1. The number of aromatic nitrogens is 3. The summed E-state index contributed by atoms with van der Waals surface area (Å²) in [7, 11) is 0. The van der Waals surface area contributed by atoms with Crippen molar-refractivity contribution < 1.29 is 0 Å². The summed E-state index contributed by atoms with van der Waals surface area (Å²) >= 11 is 0. The lowest BCUT2D eigenvalue weighted by molar-refractivity contribution is 0.986. The van der Waals surface area contributed by atoms with Crippen molar-refractivity contribution in [2.24, 2.45) is 0 Å². The molecule has 0 N–H and O–H groups in total. The van der Waals surface area contributed by atoms with Gasteiger partial charge in [0.25, 0.3) is 0 Å². The molecule has 2 aromatic heterocycles. The third-order valence-electron chi connectivity index (χ3n) is 9.33. The van der Waals surface area contributed by atoms with Crippen molar-refractivity contribution in [1.82, 2.24) is 15.0 Å². The zero-order valence-corrected chi connectivity index (χ0v) is 27.5. The van der Waals surface area contributed by atoms with Crippen molar-refractivity contribution in [3.05, 3.63) is 169 Å². The molecule has 0 bridgehead atoms. The highest BCUT2D eigenvalue weighted by molar-refractivity contribution is 5.99. The van der Waals surface area contributed by atoms with Gasteiger partial charge in [0.2, 0.25) is 0 Å². The molecule has 3 heteroatoms. The van der Waals surface area contributed by atoms with E-state index in [1.54, 1.807) is 6.20 Å². The molecule has 0 unspecified atom stereocenters. The van der Waals surface area contributed by atoms with Gasteiger partial charge in [0.15, 0.2) is 5.82 Å². The van der Waals surface area contributed by atoms with E-state index in [0.29, 0.717) is 5.82 Å². The first-order valence-electron chi connectivity index (χ1n) is 16.8. The Hall–Kier alpha value is -6.19. The molecule has 0 amide bonds. The third-order valence-corrected chi connectivity index (χ3v) is 9.33. The summed E-state index contributed by atoms with van der Waals surface area (Å²) in [4.78, 5) is 14.9. The fraction of sp³-hybridized carbons (Fsp3) is 0.0652. The van der Waals surface area contributed by atoms with E-state index in [9.17, 15) is 0 Å². The van der Waals surface area contributed by atoms with E-state index in [1.165, 1.54) is 22.3 Å². The minimum absolute atomic E-state index is 0.673. The summed E-state index contributed by atoms with van der Waals surface area (Å²) in [5, 5.41) is 2.28. The molecule has 2 heterocycles. The van der Waals surface area contributed by atoms with Crippen LogP contribution < -0.4 is 0 Å². The minimum atomic E-state index is 0.673. The van der Waals surface area contributed by atoms with Crippen molar-refractivity contribution in [2.45, 2.75) is 19.8 Å². The second-order valence-corrected chi connectivity index (χ2v) is 12.4. The molecule has 49 heavy (non-hydrogen) atoms. The molecular weight excluding hydrogens is 595 g/mol. The van der Waals surface area contributed by atoms with Crippen LogP contribution in [0.2, 0.25) is 0 Å². The molecule has 1 aliphatic rings. The average Bonchev–Trinajstić information content (AvgIpc) is 3.18. The maximum absolute atomic E-state index is 5.27. The molecule has 0 saturated carbocycles. The van der Waals surface area contributed by atoms with Gasteiger partial charge in [0.05, 0.1) is 11.4 Å². The fourth-order valence-electron chi connectivity index (χ4n) is 6.84. The fourth-order valence-corrected chi connectivity index (χ4v) is 6.84. The smallest absolute Gasteiger partial charge is 0.161 e. The normalized spacial score (nSPS) is 12.3. The molecule has 1 aliphatic carbocycles. The van der Waals surface area contributed by atoms with E-state index in [1.807, 2.05) is 25.3 Å². The van der Waals surface area contributed by atoms with Gasteiger partial charge in [-0.3, -0.25) is 4.98 Å². The van der Waals surface area contributed by atoms with Crippen LogP contribution in [0.25, 0.3) is 85.2 Å². The van der Waals surface area contributed by atoms with Crippen LogP contribution in [-0.4, -0.2) is 15.0 Å². The Morgan fingerprint density at radius 1 is 0.653 bits per heavy atom. The molecule has 3 nitrogen and oxygen atoms in total. The second-order valence-electron chi connectivity index (χ2n) is 12.4. The third kappa shape index (κ3) is 5.92. The largest absolute Gasteiger partial charge is 0.264 e. The molecule has 0 spiro atoms. The summed E-state index contributed by atoms with van der Waals surface area (Å²) < 4.78 is 0. The summed E-state index contributed by atoms with van der Waals surface area (Å²) in [6.07, 6.45) is 16.6. The highest BCUT2D eigenvalue weighted by atomic mass is 14.9. The number of hydrogen-bond acceptors (Lipinski definition) is 3. The average molecular weight is 630 g/mol. The van der Waals surface area contributed by atoms with E-state index in [0.717, 1.165) is 73.9 Å². The first-order valence-corrected chi connectivity index (χ1v) is 16.8. The topological polar surface area (TPSA) is 38.7 Å². The number of nitrogens with zero attached hydrogens (tertiary/aromatic N) is 3. The Labute approximate surface area is 287 Å². The van der Waals surface area contributed by atoms with Gasteiger partial charge in [0, 0.05) is 34.6 Å². The zero-order valence-electron chi connectivity index (χ0n) is 27.5. The quantitative estimate of drug-likeness (QED) is 0.176. The molecule has 5 aromatic carbocycles. The van der Waals surface area contributed by atoms with Gasteiger partial charge in [-0.1, -0.05) is 122 Å². The predicted molar refractivity (Wildman–Crippen MR) is 207 cm³/mol. The predicted octanol–water partition coefficient (Wildman–Crippen LogP) is 12.0. The lowest BCUT2D eigenvalue weighted by Crippen LogP contribution is -1.99. The Morgan fingerprint density at radius 2 is 1.41 bits per heavy atom. The molecule has 0 saturated heterocycles. The van der Waals surface area contributed by atoms with Crippen LogP contribution in [-0.2, 0) is 6.42 Å². The first kappa shape index (κ1) is 30.2. The van der Waals surface area contributed by atoms with Crippen LogP contribution in [0.5, 0.6) is 0 Å². The lowest BCUT2D eigenvalue weighted by atomic mass is 9.92. The van der Waals surface area contributed by atoms with Crippen molar-refractivity contribution >= 4 is 29.0 Å². The van der Waals surface area contributed by atoms with Crippen LogP contribution in [0.1, 0.15) is 35.6 Å². The van der Waals surface area contributed by atoms with Crippen molar-refractivity contribution in [3.8, 4) is 56.2 Å². The molecule has 0 atom stereocenters. The second kappa shape index (κ2) is 13.1. The van der Waals surface area contributed by atoms with E-state index >= 15 is 0 Å². The van der Waals surface area contributed by atoms with Gasteiger partial charge in [-0.2, -0.15) is 0 Å². The first-order chi connectivity index (χ1) is 24.2. The number of benzene rings is 5. The number of pyridine rings is 1. The number of rotatable bonds is 7. The summed E-state index contributed by atoms with van der Waals surface area (Å²) in [6, 6.07) is 40.9. The van der Waals surface area contributed by atoms with Gasteiger partial charge in [0.1, 0.15) is 0 Å². The molecule has 0 radical (unpaired) electrons. The van der Waals surface area contributed by atoms with Gasteiger partial charge in [-0.15, -0.1) is 0 Å². The summed E-state index contributed by atoms with van der Waals surface area (Å²) in [5.41, 5.74) is 14.2. The molecule has 7 aromatic rings. The zero-order chi connectivity index (χ0) is 33.2. The Kier molecular flexibility index (Phi) is 8.09. The number of fused-ring (bicyclic) bond motifs is 2. The summed E-state index contributed by atoms with van der Waals surface area (Å²) in [6.45, 7) is 6.24. The highest BCUT2D eigenvalue weighted by Crippen LogP contribution is 2.37. The Bertz CT molecular complexity index is 2400. The van der Waals surface area contributed by atoms with Gasteiger partial charge in [-0.25, -0.2) is 9.97 Å². The molecule has 0 fully saturated rings. The van der Waals surface area contributed by atoms with Gasteiger partial charge < -0.3 is 0 Å². The monoisotopic (exact) mass is 629 g/mol. The van der Waals surface area contributed by atoms with Crippen LogP contribution in [0.3, 0.4) is 0 Å². The minimum Gasteiger partial charge on any atom is -0.264 e. The maximum Gasteiger partial charge on any atom is 0.161 e. The van der Waals surface area contributed by atoms with E-state index in [-0.39, 0.29) is 0 Å². The standard InChI is InChI=1S/C46H35N3/c1-3-11-42-40(4-2)41-18-8-7-14-37(41)28-43(42)46-48-44(29-45(49-46)38-16-9-15-35(27-38)39-17-10-25-47-30-39)33-22-19-32(20-23-33)36-24-21-31-12-5-6-13-34(31)26-36/h3-4,6-11,13-30H,2,5,12H2,1H3/b11-3-. The van der Waals surface area contributed by atoms with Gasteiger partial charge >= 0.3 is 0 Å². The lowest BCUT2D eigenvalue weighted by Gasteiger charge is -2.16. The van der Waals surface area contributed by atoms with Crippen molar-refractivity contribution in [2.75, 3.05) is 0 Å². The van der Waals surface area contributed by atoms with Gasteiger partial charge in [-0.05, 0) is 99.8 Å². The van der Waals surface area contributed by atoms with Crippen LogP contribution in [0.15, 0.2) is 146 Å². The Morgan fingerprint density at radius 3 is 2.22 bits per heavy atom. The van der Waals surface area contributed by atoms with Crippen LogP contribution in [0.4, 0.5) is 0 Å². The Balaban J connectivity index is 1.30. The van der Waals surface area contributed by atoms with Crippen LogP contribution in [0, 0.1) is 0 Å². The van der Waals surface area contributed by atoms with Crippen LogP contribution >= 0.6 is 0 Å².